The van der Waals surface area contributed by atoms with Gasteiger partial charge in [0.2, 0.25) is 0 Å². The normalized spacial score (nSPS) is 11.7. The van der Waals surface area contributed by atoms with E-state index in [4.69, 9.17) is 33.9 Å². The number of carbonyl (C=O) groups excluding carboxylic acids is 1. The lowest BCUT2D eigenvalue weighted by Gasteiger charge is -2.15. The van der Waals surface area contributed by atoms with Gasteiger partial charge in [-0.2, -0.15) is 10.4 Å². The first-order valence-corrected chi connectivity index (χ1v) is 11.0. The van der Waals surface area contributed by atoms with Crippen molar-refractivity contribution in [2.45, 2.75) is 19.4 Å². The summed E-state index contributed by atoms with van der Waals surface area (Å²) < 4.78 is 3.22. The van der Waals surface area contributed by atoms with E-state index in [0.717, 1.165) is 11.1 Å². The summed E-state index contributed by atoms with van der Waals surface area (Å²) in [5, 5.41) is 15.1. The number of amides is 1. The molecular weight excluding hydrogens is 473 g/mol. The number of imidazole rings is 1. The molecule has 1 amide bonds. The number of rotatable bonds is 4. The number of fused-ring (bicyclic) bond motifs is 3. The van der Waals surface area contributed by atoms with E-state index in [9.17, 15) is 10.1 Å². The summed E-state index contributed by atoms with van der Waals surface area (Å²) >= 11 is 12.8. The second kappa shape index (κ2) is 7.83. The van der Waals surface area contributed by atoms with Crippen molar-refractivity contribution in [2.75, 3.05) is 0 Å². The smallest absolute Gasteiger partial charge is 0.268 e. The van der Waals surface area contributed by atoms with E-state index in [1.54, 1.807) is 72.0 Å². The molecule has 0 bridgehead atoms. The molecule has 0 saturated carbocycles. The first-order valence-electron chi connectivity index (χ1n) is 10.2. The van der Waals surface area contributed by atoms with Crippen molar-refractivity contribution in [3.63, 3.8) is 0 Å². The van der Waals surface area contributed by atoms with E-state index < -0.39 is 11.4 Å². The molecule has 0 fully saturated rings. The Kier molecular flexibility index (Phi) is 5.04. The SMILES string of the molecule is CC(C)(C#N)n1cc(-c2cnc3ccn4c(C(N)=O)c(-c5c(Cl)cccc5Cl)nc4c3c2)cn1. The molecule has 0 saturated heterocycles. The highest BCUT2D eigenvalue weighted by Crippen LogP contribution is 2.37. The number of pyridine rings is 2. The minimum Gasteiger partial charge on any atom is -0.364 e. The molecule has 5 rings (SSSR count). The Bertz CT molecular complexity index is 1640. The molecule has 5 aromatic rings. The van der Waals surface area contributed by atoms with Crippen molar-refractivity contribution in [1.29, 1.82) is 5.26 Å². The van der Waals surface area contributed by atoms with Crippen molar-refractivity contribution in [3.8, 4) is 28.5 Å². The summed E-state index contributed by atoms with van der Waals surface area (Å²) in [7, 11) is 0. The molecule has 0 aliphatic carbocycles. The zero-order valence-electron chi connectivity index (χ0n) is 18.1. The van der Waals surface area contributed by atoms with E-state index >= 15 is 0 Å². The molecule has 10 heteroatoms. The lowest BCUT2D eigenvalue weighted by atomic mass is 10.1. The van der Waals surface area contributed by atoms with Gasteiger partial charge in [0.15, 0.2) is 0 Å². The fourth-order valence-corrected chi connectivity index (χ4v) is 4.40. The number of primary amides is 1. The van der Waals surface area contributed by atoms with Gasteiger partial charge in [0.25, 0.3) is 5.91 Å². The molecule has 0 unspecified atom stereocenters. The maximum absolute atomic E-state index is 12.5. The van der Waals surface area contributed by atoms with E-state index in [-0.39, 0.29) is 5.69 Å². The average molecular weight is 490 g/mol. The van der Waals surface area contributed by atoms with Crippen molar-refractivity contribution in [3.05, 3.63) is 70.9 Å². The highest BCUT2D eigenvalue weighted by Gasteiger charge is 2.24. The van der Waals surface area contributed by atoms with Gasteiger partial charge in [-0.3, -0.25) is 18.9 Å². The molecule has 0 aliphatic rings. The van der Waals surface area contributed by atoms with Crippen molar-refractivity contribution >= 4 is 45.7 Å². The summed E-state index contributed by atoms with van der Waals surface area (Å²) in [6.45, 7) is 3.56. The molecular formula is C24H17Cl2N7O. The fraction of sp³-hybridized carbons (Fsp3) is 0.125. The van der Waals surface area contributed by atoms with Crippen molar-refractivity contribution in [1.82, 2.24) is 24.1 Å². The number of halogens is 2. The van der Waals surface area contributed by atoms with Gasteiger partial charge in [-0.25, -0.2) is 4.98 Å². The third-order valence-corrected chi connectivity index (χ3v) is 6.28. The number of aromatic nitrogens is 5. The van der Waals surface area contributed by atoms with Crippen molar-refractivity contribution < 1.29 is 4.79 Å². The molecule has 4 aromatic heterocycles. The third-order valence-electron chi connectivity index (χ3n) is 5.65. The van der Waals surface area contributed by atoms with E-state index in [1.165, 1.54) is 0 Å². The van der Waals surface area contributed by atoms with Gasteiger partial charge >= 0.3 is 0 Å². The van der Waals surface area contributed by atoms with Crippen LogP contribution in [0.1, 0.15) is 24.3 Å². The molecule has 0 spiro atoms. The van der Waals surface area contributed by atoms with Crippen LogP contribution in [-0.2, 0) is 5.54 Å². The first-order chi connectivity index (χ1) is 16.2. The molecule has 4 heterocycles. The molecule has 0 radical (unpaired) electrons. The highest BCUT2D eigenvalue weighted by molar-refractivity contribution is 6.39. The monoisotopic (exact) mass is 489 g/mol. The van der Waals surface area contributed by atoms with Crippen LogP contribution in [0, 0.1) is 11.3 Å². The lowest BCUT2D eigenvalue weighted by molar-refractivity contribution is 0.0995. The number of benzene rings is 1. The second-order valence-corrected chi connectivity index (χ2v) is 9.09. The minimum absolute atomic E-state index is 0.167. The van der Waals surface area contributed by atoms with Gasteiger partial charge in [0.1, 0.15) is 22.6 Å². The maximum atomic E-state index is 12.5. The Labute approximate surface area is 204 Å². The van der Waals surface area contributed by atoms with Crippen molar-refractivity contribution in [2.24, 2.45) is 5.73 Å². The van der Waals surface area contributed by atoms with Crippen LogP contribution in [0.3, 0.4) is 0 Å². The van der Waals surface area contributed by atoms with Gasteiger partial charge < -0.3 is 5.73 Å². The van der Waals surface area contributed by atoms with E-state index in [0.29, 0.717) is 37.9 Å². The van der Waals surface area contributed by atoms with Crippen LogP contribution in [0.15, 0.2) is 55.1 Å². The number of carbonyl (C=O) groups is 1. The summed E-state index contributed by atoms with van der Waals surface area (Å²) in [4.78, 5) is 21.8. The first kappa shape index (κ1) is 21.9. The summed E-state index contributed by atoms with van der Waals surface area (Å²) in [5.74, 6) is -0.665. The Morgan fingerprint density at radius 2 is 1.88 bits per heavy atom. The standard InChI is InChI=1S/C24H17Cl2N7O/c1-24(2,12-27)33-11-14(10-30-33)13-8-15-18(29-9-13)6-7-32-21(22(28)34)20(31-23(15)32)19-16(25)4-3-5-17(19)26/h3-11H,1-2H3,(H2,28,34). The van der Waals surface area contributed by atoms with Gasteiger partial charge in [0.05, 0.1) is 27.8 Å². The predicted octanol–water partition coefficient (Wildman–Crippen LogP) is 5.08. The van der Waals surface area contributed by atoms with Crippen LogP contribution in [0.2, 0.25) is 10.0 Å². The third kappa shape index (κ3) is 3.37. The van der Waals surface area contributed by atoms with Crippen LogP contribution >= 0.6 is 23.2 Å². The lowest BCUT2D eigenvalue weighted by Crippen LogP contribution is -2.24. The number of nitriles is 1. The molecule has 34 heavy (non-hydrogen) atoms. The predicted molar refractivity (Wildman–Crippen MR) is 131 cm³/mol. The summed E-state index contributed by atoms with van der Waals surface area (Å²) in [6.07, 6.45) is 6.89. The Hall–Kier alpha value is -3.93. The molecule has 0 aliphatic heterocycles. The summed E-state index contributed by atoms with van der Waals surface area (Å²) in [5.41, 5.74) is 8.58. The van der Waals surface area contributed by atoms with Gasteiger partial charge in [0, 0.05) is 40.7 Å². The fourth-order valence-electron chi connectivity index (χ4n) is 3.82. The Morgan fingerprint density at radius 3 is 2.56 bits per heavy atom. The molecule has 8 nitrogen and oxygen atoms in total. The number of nitrogens with zero attached hydrogens (tertiary/aromatic N) is 6. The van der Waals surface area contributed by atoms with Gasteiger partial charge in [-0.1, -0.05) is 29.3 Å². The Morgan fingerprint density at radius 1 is 1.15 bits per heavy atom. The zero-order chi connectivity index (χ0) is 24.2. The summed E-state index contributed by atoms with van der Waals surface area (Å²) in [6, 6.07) is 11.0. The highest BCUT2D eigenvalue weighted by atomic mass is 35.5. The Balaban J connectivity index is 1.77. The van der Waals surface area contributed by atoms with E-state index in [1.807, 2.05) is 6.07 Å². The second-order valence-electron chi connectivity index (χ2n) is 8.28. The molecule has 2 N–H and O–H groups in total. The van der Waals surface area contributed by atoms with Crippen LogP contribution in [0.4, 0.5) is 0 Å². The van der Waals surface area contributed by atoms with Crippen LogP contribution in [-0.4, -0.2) is 30.1 Å². The number of hydrogen-bond donors (Lipinski definition) is 1. The largest absolute Gasteiger partial charge is 0.364 e. The quantitative estimate of drug-likeness (QED) is 0.377. The van der Waals surface area contributed by atoms with Crippen LogP contribution in [0.5, 0.6) is 0 Å². The zero-order valence-corrected chi connectivity index (χ0v) is 19.6. The average Bonchev–Trinajstić information content (AvgIpc) is 3.45. The number of hydrogen-bond acceptors (Lipinski definition) is 5. The van der Waals surface area contributed by atoms with Gasteiger partial charge in [-0.05, 0) is 38.1 Å². The van der Waals surface area contributed by atoms with E-state index in [2.05, 4.69) is 16.2 Å². The number of nitrogens with two attached hydrogens (primary N) is 1. The molecule has 168 valence electrons. The maximum Gasteiger partial charge on any atom is 0.268 e. The van der Waals surface area contributed by atoms with Crippen LogP contribution < -0.4 is 5.73 Å². The van der Waals surface area contributed by atoms with Crippen LogP contribution in [0.25, 0.3) is 38.9 Å². The van der Waals surface area contributed by atoms with Gasteiger partial charge in [-0.15, -0.1) is 0 Å². The minimum atomic E-state index is -0.793. The molecule has 0 atom stereocenters. The molecule has 1 aromatic carbocycles. The topological polar surface area (TPSA) is 115 Å².